The number of nitrogens with two attached hydrogens (primary N) is 1. The van der Waals surface area contributed by atoms with Gasteiger partial charge in [0.1, 0.15) is 5.56 Å². The van der Waals surface area contributed by atoms with Crippen LogP contribution in [0.25, 0.3) is 0 Å². The van der Waals surface area contributed by atoms with E-state index in [1.807, 2.05) is 0 Å². The zero-order valence-corrected chi connectivity index (χ0v) is 9.76. The molecule has 0 fully saturated rings. The van der Waals surface area contributed by atoms with Gasteiger partial charge in [-0.2, -0.15) is 0 Å². The van der Waals surface area contributed by atoms with E-state index in [9.17, 15) is 9.59 Å². The molecule has 7 heteroatoms. The number of anilines is 2. The molecule has 2 aromatic heterocycles. The van der Waals surface area contributed by atoms with Crippen LogP contribution in [-0.2, 0) is 9.53 Å². The highest BCUT2D eigenvalue weighted by molar-refractivity contribution is 5.98. The smallest absolute Gasteiger partial charge is 0.349 e. The van der Waals surface area contributed by atoms with E-state index in [-0.39, 0.29) is 17.9 Å². The van der Waals surface area contributed by atoms with E-state index in [4.69, 9.17) is 5.84 Å². The lowest BCUT2D eigenvalue weighted by Crippen LogP contribution is -2.28. The number of aromatic nitrogens is 2. The molecule has 0 radical (unpaired) electrons. The number of carbonyl (C=O) groups excluding carboxylic acids is 2. The normalized spacial score (nSPS) is 9.74. The number of ether oxygens (including phenoxy) is 1. The molecular weight excluding hydrogens is 248 g/mol. The van der Waals surface area contributed by atoms with Gasteiger partial charge in [0.05, 0.1) is 11.9 Å². The highest BCUT2D eigenvalue weighted by Crippen LogP contribution is 2.22. The number of hydrazine groups is 1. The van der Waals surface area contributed by atoms with E-state index in [0.29, 0.717) is 5.69 Å². The summed E-state index contributed by atoms with van der Waals surface area (Å²) >= 11 is 0. The van der Waals surface area contributed by atoms with Crippen molar-refractivity contribution in [3.05, 3.63) is 48.4 Å². The van der Waals surface area contributed by atoms with E-state index in [1.165, 1.54) is 23.5 Å². The fraction of sp³-hybridized carbons (Fsp3) is 0. The highest BCUT2D eigenvalue weighted by atomic mass is 16.6. The summed E-state index contributed by atoms with van der Waals surface area (Å²) in [6.45, 7) is 0.0596. The minimum absolute atomic E-state index is 0.0596. The van der Waals surface area contributed by atoms with Crippen LogP contribution in [0.3, 0.4) is 0 Å². The van der Waals surface area contributed by atoms with Crippen LogP contribution in [0.5, 0.6) is 0 Å². The number of nitrogens with zero attached hydrogens (tertiary/aromatic N) is 3. The van der Waals surface area contributed by atoms with Gasteiger partial charge in [0.15, 0.2) is 5.82 Å². The summed E-state index contributed by atoms with van der Waals surface area (Å²) in [5.74, 6) is 5.23. The standard InChI is InChI=1S/C12H10N4O3/c13-16(9-3-1-5-14-7-9)11-10(4-2-6-15-11)12(18)19-8-17/h1-8H,13H2. The van der Waals surface area contributed by atoms with Crippen molar-refractivity contribution in [2.24, 2.45) is 5.84 Å². The van der Waals surface area contributed by atoms with E-state index < -0.39 is 5.97 Å². The molecule has 2 aromatic rings. The first kappa shape index (κ1) is 12.7. The van der Waals surface area contributed by atoms with Crippen molar-refractivity contribution in [1.82, 2.24) is 9.97 Å². The number of hydrogen-bond acceptors (Lipinski definition) is 7. The number of esters is 1. The molecule has 96 valence electrons. The maximum Gasteiger partial charge on any atom is 0.349 e. The van der Waals surface area contributed by atoms with Gasteiger partial charge in [0.25, 0.3) is 0 Å². The third-order valence-corrected chi connectivity index (χ3v) is 2.31. The van der Waals surface area contributed by atoms with Gasteiger partial charge < -0.3 is 4.74 Å². The summed E-state index contributed by atoms with van der Waals surface area (Å²) in [7, 11) is 0. The average molecular weight is 258 g/mol. The quantitative estimate of drug-likeness (QED) is 0.285. The van der Waals surface area contributed by atoms with Gasteiger partial charge >= 0.3 is 12.4 Å². The maximum atomic E-state index is 11.6. The molecule has 19 heavy (non-hydrogen) atoms. The topological polar surface area (TPSA) is 98.4 Å². The van der Waals surface area contributed by atoms with Crippen molar-refractivity contribution in [2.45, 2.75) is 0 Å². The lowest BCUT2D eigenvalue weighted by molar-refractivity contribution is -0.123. The van der Waals surface area contributed by atoms with Crippen LogP contribution in [0, 0.1) is 0 Å². The summed E-state index contributed by atoms with van der Waals surface area (Å²) in [4.78, 5) is 29.8. The van der Waals surface area contributed by atoms with Crippen LogP contribution >= 0.6 is 0 Å². The van der Waals surface area contributed by atoms with Crippen LogP contribution in [0.4, 0.5) is 11.5 Å². The van der Waals surface area contributed by atoms with Crippen LogP contribution in [0.2, 0.25) is 0 Å². The molecular formula is C12H10N4O3. The molecule has 2 heterocycles. The van der Waals surface area contributed by atoms with Crippen LogP contribution in [0.15, 0.2) is 42.9 Å². The van der Waals surface area contributed by atoms with E-state index >= 15 is 0 Å². The molecule has 0 spiro atoms. The van der Waals surface area contributed by atoms with Gasteiger partial charge in [-0.1, -0.05) is 0 Å². The fourth-order valence-electron chi connectivity index (χ4n) is 1.47. The van der Waals surface area contributed by atoms with Gasteiger partial charge in [0, 0.05) is 12.4 Å². The van der Waals surface area contributed by atoms with E-state index in [2.05, 4.69) is 14.7 Å². The van der Waals surface area contributed by atoms with Gasteiger partial charge in [-0.25, -0.2) is 15.6 Å². The van der Waals surface area contributed by atoms with Gasteiger partial charge in [-0.05, 0) is 24.3 Å². The SMILES string of the molecule is NN(c1cccnc1)c1ncccc1C(=O)OC=O. The molecule has 0 aliphatic heterocycles. The molecule has 0 saturated carbocycles. The van der Waals surface area contributed by atoms with E-state index in [1.54, 1.807) is 24.4 Å². The fourth-order valence-corrected chi connectivity index (χ4v) is 1.47. The Hall–Kier alpha value is -2.80. The molecule has 2 N–H and O–H groups in total. The highest BCUT2D eigenvalue weighted by Gasteiger charge is 2.18. The van der Waals surface area contributed by atoms with E-state index in [0.717, 1.165) is 0 Å². The predicted octanol–water partition coefficient (Wildman–Crippen LogP) is 0.802. The Morgan fingerprint density at radius 3 is 2.79 bits per heavy atom. The summed E-state index contributed by atoms with van der Waals surface area (Å²) in [5.41, 5.74) is 0.627. The Labute approximate surface area is 108 Å². The molecule has 7 nitrogen and oxygen atoms in total. The number of carbonyl (C=O) groups is 2. The van der Waals surface area contributed by atoms with Crippen molar-refractivity contribution >= 4 is 23.9 Å². The Kier molecular flexibility index (Phi) is 3.79. The minimum Gasteiger partial charge on any atom is -0.392 e. The van der Waals surface area contributed by atoms with Gasteiger partial charge in [0.2, 0.25) is 0 Å². The lowest BCUT2D eigenvalue weighted by Gasteiger charge is -2.18. The van der Waals surface area contributed by atoms with Crippen LogP contribution < -0.4 is 10.9 Å². The molecule has 0 aromatic carbocycles. The molecule has 0 atom stereocenters. The molecule has 0 saturated heterocycles. The monoisotopic (exact) mass is 258 g/mol. The molecule has 0 amide bonds. The largest absolute Gasteiger partial charge is 0.392 e. The third kappa shape index (κ3) is 2.72. The van der Waals surface area contributed by atoms with Crippen molar-refractivity contribution in [2.75, 3.05) is 5.01 Å². The second-order valence-corrected chi connectivity index (χ2v) is 3.46. The first-order chi connectivity index (χ1) is 9.24. The van der Waals surface area contributed by atoms with Crippen molar-refractivity contribution in [3.63, 3.8) is 0 Å². The third-order valence-electron chi connectivity index (χ3n) is 2.31. The first-order valence-corrected chi connectivity index (χ1v) is 5.28. The Morgan fingerprint density at radius 1 is 1.32 bits per heavy atom. The number of hydrogen-bond donors (Lipinski definition) is 1. The Balaban J connectivity index is 2.40. The van der Waals surface area contributed by atoms with Crippen LogP contribution in [-0.4, -0.2) is 22.4 Å². The summed E-state index contributed by atoms with van der Waals surface area (Å²) in [5, 5.41) is 1.19. The maximum absolute atomic E-state index is 11.6. The molecule has 0 aliphatic carbocycles. The second kappa shape index (κ2) is 5.69. The lowest BCUT2D eigenvalue weighted by atomic mass is 10.2. The zero-order valence-electron chi connectivity index (χ0n) is 9.76. The Bertz CT molecular complexity index is 589. The predicted molar refractivity (Wildman–Crippen MR) is 66.3 cm³/mol. The summed E-state index contributed by atoms with van der Waals surface area (Å²) in [6, 6.07) is 6.41. The molecule has 0 aliphatic rings. The van der Waals surface area contributed by atoms with Crippen LogP contribution in [0.1, 0.15) is 10.4 Å². The summed E-state index contributed by atoms with van der Waals surface area (Å²) in [6.07, 6.45) is 4.59. The van der Waals surface area contributed by atoms with Crippen molar-refractivity contribution in [3.8, 4) is 0 Å². The molecule has 2 rings (SSSR count). The van der Waals surface area contributed by atoms with Crippen molar-refractivity contribution in [1.29, 1.82) is 0 Å². The zero-order chi connectivity index (χ0) is 13.7. The minimum atomic E-state index is -0.822. The summed E-state index contributed by atoms with van der Waals surface area (Å²) < 4.78 is 4.30. The molecule has 0 bridgehead atoms. The number of pyridine rings is 2. The Morgan fingerprint density at radius 2 is 2.11 bits per heavy atom. The average Bonchev–Trinajstić information content (AvgIpc) is 2.47. The second-order valence-electron chi connectivity index (χ2n) is 3.46. The number of rotatable bonds is 4. The van der Waals surface area contributed by atoms with Crippen molar-refractivity contribution < 1.29 is 14.3 Å². The van der Waals surface area contributed by atoms with Gasteiger partial charge in [-0.3, -0.25) is 14.8 Å². The first-order valence-electron chi connectivity index (χ1n) is 5.28. The molecule has 0 unspecified atom stereocenters. The van der Waals surface area contributed by atoms with Gasteiger partial charge in [-0.15, -0.1) is 0 Å².